The van der Waals surface area contributed by atoms with Gasteiger partial charge in [-0.3, -0.25) is 9.69 Å². The smallest absolute Gasteiger partial charge is 0.253 e. The fourth-order valence-corrected chi connectivity index (χ4v) is 5.15. The van der Waals surface area contributed by atoms with Crippen molar-refractivity contribution in [1.29, 1.82) is 0 Å². The standard InChI is InChI=1S/C31H33ClN6O/c1-5-31(3,4)38-29(34-35-36-38)28(25-18-23-16-11-12-21(2)27(23)33-30(25)39)37(19-22-13-7-6-8-14-22)20-24-15-9-10-17-26(24)32/h6-18,28H,5,19-20H2,1-4H3,(H,33,39). The zero-order valence-electron chi connectivity index (χ0n) is 22.7. The number of fused-ring (bicyclic) bond motifs is 1. The summed E-state index contributed by atoms with van der Waals surface area (Å²) in [5.74, 6) is 0.613. The van der Waals surface area contributed by atoms with Gasteiger partial charge in [0.25, 0.3) is 5.56 Å². The number of nitrogens with one attached hydrogen (secondary N) is 1. The summed E-state index contributed by atoms with van der Waals surface area (Å²) in [7, 11) is 0. The van der Waals surface area contributed by atoms with Gasteiger partial charge < -0.3 is 4.98 Å². The highest BCUT2D eigenvalue weighted by molar-refractivity contribution is 6.31. The molecule has 8 heteroatoms. The van der Waals surface area contributed by atoms with Crippen molar-refractivity contribution in [2.24, 2.45) is 0 Å². The molecule has 5 rings (SSSR count). The van der Waals surface area contributed by atoms with E-state index >= 15 is 0 Å². The molecule has 0 saturated carbocycles. The minimum absolute atomic E-state index is 0.164. The molecule has 0 aliphatic rings. The zero-order valence-corrected chi connectivity index (χ0v) is 23.5. The second kappa shape index (κ2) is 11.1. The number of para-hydroxylation sites is 1. The molecule has 0 saturated heterocycles. The third-order valence-corrected chi connectivity index (χ3v) is 7.88. The van der Waals surface area contributed by atoms with Crippen LogP contribution in [0.25, 0.3) is 10.9 Å². The average Bonchev–Trinajstić information content (AvgIpc) is 3.42. The van der Waals surface area contributed by atoms with E-state index in [4.69, 9.17) is 11.6 Å². The minimum atomic E-state index is -0.545. The number of hydrogen-bond acceptors (Lipinski definition) is 5. The van der Waals surface area contributed by atoms with Crippen LogP contribution in [0.4, 0.5) is 0 Å². The Morgan fingerprint density at radius 2 is 1.74 bits per heavy atom. The molecular weight excluding hydrogens is 508 g/mol. The van der Waals surface area contributed by atoms with E-state index in [1.54, 1.807) is 0 Å². The van der Waals surface area contributed by atoms with Crippen molar-refractivity contribution in [3.05, 3.63) is 122 Å². The van der Waals surface area contributed by atoms with Crippen molar-refractivity contribution in [2.75, 3.05) is 0 Å². The monoisotopic (exact) mass is 540 g/mol. The Morgan fingerprint density at radius 3 is 2.49 bits per heavy atom. The van der Waals surface area contributed by atoms with Gasteiger partial charge in [-0.2, -0.15) is 0 Å². The number of aromatic amines is 1. The lowest BCUT2D eigenvalue weighted by atomic mass is 9.98. The number of rotatable bonds is 9. The predicted octanol–water partition coefficient (Wildman–Crippen LogP) is 6.41. The van der Waals surface area contributed by atoms with Crippen molar-refractivity contribution in [3.8, 4) is 0 Å². The maximum atomic E-state index is 13.8. The molecule has 1 atom stereocenters. The summed E-state index contributed by atoms with van der Waals surface area (Å²) in [6.45, 7) is 9.36. The van der Waals surface area contributed by atoms with E-state index in [9.17, 15) is 4.79 Å². The number of aryl methyl sites for hydroxylation is 1. The Labute approximate surface area is 233 Å². The highest BCUT2D eigenvalue weighted by Gasteiger charge is 2.34. The molecule has 0 radical (unpaired) electrons. The van der Waals surface area contributed by atoms with Gasteiger partial charge in [0.1, 0.15) is 6.04 Å². The lowest BCUT2D eigenvalue weighted by molar-refractivity contribution is 0.180. The Kier molecular flexibility index (Phi) is 7.64. The van der Waals surface area contributed by atoms with E-state index in [1.165, 1.54) is 0 Å². The van der Waals surface area contributed by atoms with Crippen LogP contribution in [0.3, 0.4) is 0 Å². The molecule has 200 valence electrons. The summed E-state index contributed by atoms with van der Waals surface area (Å²) in [4.78, 5) is 19.2. The first-order valence-electron chi connectivity index (χ1n) is 13.2. The van der Waals surface area contributed by atoms with Crippen LogP contribution in [-0.4, -0.2) is 30.1 Å². The minimum Gasteiger partial charge on any atom is -0.321 e. The number of benzene rings is 3. The zero-order chi connectivity index (χ0) is 27.6. The van der Waals surface area contributed by atoms with Gasteiger partial charge in [0.05, 0.1) is 11.1 Å². The van der Waals surface area contributed by atoms with Crippen LogP contribution in [-0.2, 0) is 18.6 Å². The molecule has 1 unspecified atom stereocenters. The Hall–Kier alpha value is -3.81. The Morgan fingerprint density at radius 1 is 1.00 bits per heavy atom. The SMILES string of the molecule is CCC(C)(C)n1nnnc1C(c1cc2cccc(C)c2[nH]c1=O)N(Cc1ccccc1)Cc1ccccc1Cl. The summed E-state index contributed by atoms with van der Waals surface area (Å²) in [5, 5.41) is 14.7. The Bertz CT molecular complexity index is 1640. The molecule has 5 aromatic rings. The van der Waals surface area contributed by atoms with E-state index in [0.29, 0.717) is 29.5 Å². The van der Waals surface area contributed by atoms with Crippen molar-refractivity contribution in [2.45, 2.75) is 58.8 Å². The summed E-state index contributed by atoms with van der Waals surface area (Å²) >= 11 is 6.66. The molecule has 0 amide bonds. The van der Waals surface area contributed by atoms with Gasteiger partial charge in [0.2, 0.25) is 0 Å². The number of pyridine rings is 1. The first-order chi connectivity index (χ1) is 18.8. The van der Waals surface area contributed by atoms with Gasteiger partial charge in [-0.15, -0.1) is 5.10 Å². The van der Waals surface area contributed by atoms with Crippen molar-refractivity contribution >= 4 is 22.5 Å². The van der Waals surface area contributed by atoms with Crippen LogP contribution < -0.4 is 5.56 Å². The second-order valence-electron chi connectivity index (χ2n) is 10.6. The van der Waals surface area contributed by atoms with Gasteiger partial charge in [0.15, 0.2) is 5.82 Å². The van der Waals surface area contributed by atoms with E-state index in [1.807, 2.05) is 78.3 Å². The van der Waals surface area contributed by atoms with E-state index in [0.717, 1.165) is 34.0 Å². The van der Waals surface area contributed by atoms with Crippen LogP contribution >= 0.6 is 11.6 Å². The molecule has 0 bridgehead atoms. The third kappa shape index (κ3) is 5.51. The number of tetrazole rings is 1. The van der Waals surface area contributed by atoms with Gasteiger partial charge >= 0.3 is 0 Å². The van der Waals surface area contributed by atoms with Crippen molar-refractivity contribution < 1.29 is 0 Å². The topological polar surface area (TPSA) is 79.7 Å². The van der Waals surface area contributed by atoms with Gasteiger partial charge in [-0.05, 0) is 71.8 Å². The largest absolute Gasteiger partial charge is 0.321 e. The first kappa shape index (κ1) is 26.8. The highest BCUT2D eigenvalue weighted by atomic mass is 35.5. The normalized spacial score (nSPS) is 12.8. The first-order valence-corrected chi connectivity index (χ1v) is 13.6. The van der Waals surface area contributed by atoms with Gasteiger partial charge in [-0.1, -0.05) is 85.3 Å². The lowest BCUT2D eigenvalue weighted by Crippen LogP contribution is -2.38. The molecule has 2 aromatic heterocycles. The van der Waals surface area contributed by atoms with Crippen LogP contribution in [0.1, 0.15) is 61.3 Å². The van der Waals surface area contributed by atoms with Crippen LogP contribution in [0, 0.1) is 6.92 Å². The molecule has 2 heterocycles. The number of hydrogen-bond donors (Lipinski definition) is 1. The average molecular weight is 541 g/mol. The van der Waals surface area contributed by atoms with E-state index in [-0.39, 0.29) is 11.1 Å². The van der Waals surface area contributed by atoms with E-state index in [2.05, 4.69) is 58.3 Å². The second-order valence-corrected chi connectivity index (χ2v) is 11.0. The molecular formula is C31H33ClN6O. The fourth-order valence-electron chi connectivity index (χ4n) is 4.95. The maximum Gasteiger partial charge on any atom is 0.253 e. The molecule has 0 aliphatic carbocycles. The molecule has 0 spiro atoms. The fraction of sp³-hybridized carbons (Fsp3) is 0.290. The van der Waals surface area contributed by atoms with Crippen molar-refractivity contribution in [3.63, 3.8) is 0 Å². The molecule has 7 nitrogen and oxygen atoms in total. The van der Waals surface area contributed by atoms with Crippen LogP contribution in [0.2, 0.25) is 5.02 Å². The number of aromatic nitrogens is 5. The van der Waals surface area contributed by atoms with Crippen LogP contribution in [0.15, 0.2) is 83.7 Å². The quantitative estimate of drug-likeness (QED) is 0.233. The lowest BCUT2D eigenvalue weighted by Gasteiger charge is -2.34. The number of H-pyrrole nitrogens is 1. The summed E-state index contributed by atoms with van der Waals surface area (Å²) in [5.41, 5.74) is 3.97. The molecule has 0 aliphatic heterocycles. The highest BCUT2D eigenvalue weighted by Crippen LogP contribution is 2.34. The summed E-state index contributed by atoms with van der Waals surface area (Å²) in [6, 6.07) is 25.5. The van der Waals surface area contributed by atoms with Crippen LogP contribution in [0.5, 0.6) is 0 Å². The molecule has 3 aromatic carbocycles. The summed E-state index contributed by atoms with van der Waals surface area (Å²) < 4.78 is 1.86. The van der Waals surface area contributed by atoms with Gasteiger partial charge in [0, 0.05) is 23.7 Å². The third-order valence-electron chi connectivity index (χ3n) is 7.51. The Balaban J connectivity index is 1.76. The molecule has 0 fully saturated rings. The number of halogens is 1. The number of nitrogens with zero attached hydrogens (tertiary/aromatic N) is 5. The predicted molar refractivity (Wildman–Crippen MR) is 156 cm³/mol. The van der Waals surface area contributed by atoms with Crippen molar-refractivity contribution in [1.82, 2.24) is 30.1 Å². The van der Waals surface area contributed by atoms with Gasteiger partial charge in [-0.25, -0.2) is 4.68 Å². The maximum absolute atomic E-state index is 13.8. The van der Waals surface area contributed by atoms with E-state index < -0.39 is 6.04 Å². The molecule has 39 heavy (non-hydrogen) atoms. The summed E-state index contributed by atoms with van der Waals surface area (Å²) in [6.07, 6.45) is 0.814. The molecule has 1 N–H and O–H groups in total.